The van der Waals surface area contributed by atoms with Crippen molar-refractivity contribution in [1.82, 2.24) is 0 Å². The van der Waals surface area contributed by atoms with Crippen LogP contribution in [0.3, 0.4) is 0 Å². The minimum Gasteiger partial charge on any atom is -0.483 e. The Labute approximate surface area is 131 Å². The first-order valence-corrected chi connectivity index (χ1v) is 7.20. The zero-order chi connectivity index (χ0) is 15.4. The lowest BCUT2D eigenvalue weighted by Crippen LogP contribution is -2.20. The summed E-state index contributed by atoms with van der Waals surface area (Å²) in [7, 11) is 0. The Bertz CT molecular complexity index is 673. The molecule has 0 heterocycles. The number of halogens is 2. The van der Waals surface area contributed by atoms with Crippen LogP contribution in [0.2, 0.25) is 0 Å². The van der Waals surface area contributed by atoms with Gasteiger partial charge in [0, 0.05) is 5.69 Å². The molecule has 2 aromatic carbocycles. The lowest BCUT2D eigenvalue weighted by atomic mass is 10.1. The van der Waals surface area contributed by atoms with E-state index in [-0.39, 0.29) is 18.3 Å². The molecule has 21 heavy (non-hydrogen) atoms. The highest BCUT2D eigenvalue weighted by Gasteiger charge is 2.07. The Balaban J connectivity index is 1.94. The third-order valence-electron chi connectivity index (χ3n) is 3.04. The van der Waals surface area contributed by atoms with Gasteiger partial charge >= 0.3 is 0 Å². The second-order valence-electron chi connectivity index (χ2n) is 4.71. The number of amides is 1. The van der Waals surface area contributed by atoms with Crippen LogP contribution < -0.4 is 10.1 Å². The molecule has 2 rings (SSSR count). The van der Waals surface area contributed by atoms with Crippen molar-refractivity contribution >= 4 is 27.5 Å². The fourth-order valence-electron chi connectivity index (χ4n) is 1.75. The molecule has 0 aliphatic rings. The van der Waals surface area contributed by atoms with Gasteiger partial charge in [0.2, 0.25) is 0 Å². The highest BCUT2D eigenvalue weighted by molar-refractivity contribution is 9.10. The summed E-state index contributed by atoms with van der Waals surface area (Å²) in [5.41, 5.74) is 3.00. The number of hydrogen-bond acceptors (Lipinski definition) is 2. The van der Waals surface area contributed by atoms with Crippen molar-refractivity contribution in [3.05, 3.63) is 57.8 Å². The van der Waals surface area contributed by atoms with E-state index in [1.165, 1.54) is 23.8 Å². The van der Waals surface area contributed by atoms with Gasteiger partial charge in [0.05, 0.1) is 4.47 Å². The Morgan fingerprint density at radius 2 is 1.95 bits per heavy atom. The molecule has 0 saturated carbocycles. The molecule has 2 aromatic rings. The summed E-state index contributed by atoms with van der Waals surface area (Å²) >= 11 is 3.18. The van der Waals surface area contributed by atoms with E-state index in [1.807, 2.05) is 32.0 Å². The minimum atomic E-state index is -0.367. The van der Waals surface area contributed by atoms with Gasteiger partial charge in [0.1, 0.15) is 11.6 Å². The van der Waals surface area contributed by atoms with E-state index in [0.717, 1.165) is 11.3 Å². The standard InChI is InChI=1S/C16H15BrFNO2/c1-10-3-5-13(7-11(10)2)19-16(20)9-21-15-6-4-12(18)8-14(15)17/h3-8H,9H2,1-2H3,(H,19,20). The maximum Gasteiger partial charge on any atom is 0.262 e. The molecule has 1 amide bonds. The zero-order valence-corrected chi connectivity index (χ0v) is 13.3. The van der Waals surface area contributed by atoms with Gasteiger partial charge in [-0.3, -0.25) is 4.79 Å². The third-order valence-corrected chi connectivity index (χ3v) is 3.66. The summed E-state index contributed by atoms with van der Waals surface area (Å²) in [6, 6.07) is 9.73. The van der Waals surface area contributed by atoms with E-state index < -0.39 is 0 Å². The van der Waals surface area contributed by atoms with Crippen LogP contribution in [-0.2, 0) is 4.79 Å². The van der Waals surface area contributed by atoms with Crippen LogP contribution in [0.4, 0.5) is 10.1 Å². The molecule has 0 unspecified atom stereocenters. The van der Waals surface area contributed by atoms with Gasteiger partial charge in [0.15, 0.2) is 6.61 Å². The van der Waals surface area contributed by atoms with Crippen LogP contribution in [0, 0.1) is 19.7 Å². The number of nitrogens with one attached hydrogen (secondary N) is 1. The van der Waals surface area contributed by atoms with Crippen LogP contribution in [-0.4, -0.2) is 12.5 Å². The average Bonchev–Trinajstić information content (AvgIpc) is 2.42. The molecule has 0 aromatic heterocycles. The second kappa shape index (κ2) is 6.72. The molecule has 0 aliphatic heterocycles. The van der Waals surface area contributed by atoms with Crippen LogP contribution in [0.1, 0.15) is 11.1 Å². The second-order valence-corrected chi connectivity index (χ2v) is 5.56. The first kappa shape index (κ1) is 15.5. The number of carbonyl (C=O) groups excluding carboxylic acids is 1. The van der Waals surface area contributed by atoms with E-state index in [4.69, 9.17) is 4.74 Å². The van der Waals surface area contributed by atoms with Gasteiger partial charge in [-0.25, -0.2) is 4.39 Å². The summed E-state index contributed by atoms with van der Waals surface area (Å²) < 4.78 is 18.8. The molecule has 0 spiro atoms. The van der Waals surface area contributed by atoms with Crippen molar-refractivity contribution < 1.29 is 13.9 Å². The molecule has 0 radical (unpaired) electrons. The molecule has 0 fully saturated rings. The zero-order valence-electron chi connectivity index (χ0n) is 11.7. The Kier molecular flexibility index (Phi) is 4.96. The lowest BCUT2D eigenvalue weighted by molar-refractivity contribution is -0.118. The van der Waals surface area contributed by atoms with Crippen LogP contribution in [0.5, 0.6) is 5.75 Å². The summed E-state index contributed by atoms with van der Waals surface area (Å²) in [6.45, 7) is 3.85. The summed E-state index contributed by atoms with van der Waals surface area (Å²) in [6.07, 6.45) is 0. The number of rotatable bonds is 4. The number of ether oxygens (including phenoxy) is 1. The van der Waals surface area contributed by atoms with E-state index >= 15 is 0 Å². The van der Waals surface area contributed by atoms with Gasteiger partial charge in [0.25, 0.3) is 5.91 Å². The number of aryl methyl sites for hydroxylation is 2. The molecule has 3 nitrogen and oxygen atoms in total. The molecule has 0 atom stereocenters. The van der Waals surface area contributed by atoms with Gasteiger partial charge in [-0.05, 0) is 71.2 Å². The van der Waals surface area contributed by atoms with Crippen LogP contribution >= 0.6 is 15.9 Å². The van der Waals surface area contributed by atoms with Crippen molar-refractivity contribution in [3.8, 4) is 5.75 Å². The monoisotopic (exact) mass is 351 g/mol. The lowest BCUT2D eigenvalue weighted by Gasteiger charge is -2.10. The van der Waals surface area contributed by atoms with Crippen LogP contribution in [0.15, 0.2) is 40.9 Å². The minimum absolute atomic E-state index is 0.142. The molecule has 0 bridgehead atoms. The average molecular weight is 352 g/mol. The fourth-order valence-corrected chi connectivity index (χ4v) is 2.22. The van der Waals surface area contributed by atoms with Crippen molar-refractivity contribution in [2.24, 2.45) is 0 Å². The summed E-state index contributed by atoms with van der Waals surface area (Å²) in [4.78, 5) is 11.8. The molecular formula is C16H15BrFNO2. The Morgan fingerprint density at radius 1 is 1.19 bits per heavy atom. The normalized spacial score (nSPS) is 10.3. The quantitative estimate of drug-likeness (QED) is 0.895. The molecule has 110 valence electrons. The van der Waals surface area contributed by atoms with Crippen molar-refractivity contribution in [2.45, 2.75) is 13.8 Å². The first-order valence-electron chi connectivity index (χ1n) is 6.40. The van der Waals surface area contributed by atoms with E-state index in [2.05, 4.69) is 21.2 Å². The predicted octanol–water partition coefficient (Wildman–Crippen LogP) is 4.22. The maximum absolute atomic E-state index is 12.9. The molecule has 1 N–H and O–H groups in total. The number of carbonyl (C=O) groups is 1. The topological polar surface area (TPSA) is 38.3 Å². The number of hydrogen-bond donors (Lipinski definition) is 1. The first-order chi connectivity index (χ1) is 9.95. The summed E-state index contributed by atoms with van der Waals surface area (Å²) in [5.74, 6) is -0.213. The van der Waals surface area contributed by atoms with Crippen molar-refractivity contribution in [1.29, 1.82) is 0 Å². The molecule has 0 saturated heterocycles. The van der Waals surface area contributed by atoms with Gasteiger partial charge in [-0.15, -0.1) is 0 Å². The Morgan fingerprint density at radius 3 is 2.62 bits per heavy atom. The molecule has 0 aliphatic carbocycles. The largest absolute Gasteiger partial charge is 0.483 e. The van der Waals surface area contributed by atoms with E-state index in [0.29, 0.717) is 10.2 Å². The summed E-state index contributed by atoms with van der Waals surface area (Å²) in [5, 5.41) is 2.76. The van der Waals surface area contributed by atoms with Crippen LogP contribution in [0.25, 0.3) is 0 Å². The third kappa shape index (κ3) is 4.29. The highest BCUT2D eigenvalue weighted by atomic mass is 79.9. The van der Waals surface area contributed by atoms with Crippen molar-refractivity contribution in [2.75, 3.05) is 11.9 Å². The van der Waals surface area contributed by atoms with Crippen molar-refractivity contribution in [3.63, 3.8) is 0 Å². The molecular weight excluding hydrogens is 337 g/mol. The predicted molar refractivity (Wildman–Crippen MR) is 84.1 cm³/mol. The number of benzene rings is 2. The highest BCUT2D eigenvalue weighted by Crippen LogP contribution is 2.25. The van der Waals surface area contributed by atoms with E-state index in [1.54, 1.807) is 0 Å². The molecule has 5 heteroatoms. The number of anilines is 1. The van der Waals surface area contributed by atoms with E-state index in [9.17, 15) is 9.18 Å². The van der Waals surface area contributed by atoms with Gasteiger partial charge in [-0.2, -0.15) is 0 Å². The maximum atomic E-state index is 12.9. The van der Waals surface area contributed by atoms with Gasteiger partial charge in [-0.1, -0.05) is 6.07 Å². The van der Waals surface area contributed by atoms with Gasteiger partial charge < -0.3 is 10.1 Å². The smallest absolute Gasteiger partial charge is 0.262 e. The SMILES string of the molecule is Cc1ccc(NC(=O)COc2ccc(F)cc2Br)cc1C. The Hall–Kier alpha value is -1.88. The fraction of sp³-hybridized carbons (Fsp3) is 0.188.